The van der Waals surface area contributed by atoms with Crippen LogP contribution in [0.2, 0.25) is 0 Å². The summed E-state index contributed by atoms with van der Waals surface area (Å²) in [7, 11) is 0. The Hall–Kier alpha value is -4.61. The average Bonchev–Trinajstić information content (AvgIpc) is 3.65. The van der Waals surface area contributed by atoms with Gasteiger partial charge in [0.05, 0.1) is 23.6 Å². The second kappa shape index (κ2) is 24.6. The zero-order chi connectivity index (χ0) is 42.7. The van der Waals surface area contributed by atoms with Gasteiger partial charge in [0.1, 0.15) is 18.3 Å². The number of hydroxylamine groups is 1. The third kappa shape index (κ3) is 14.0. The predicted octanol–water partition coefficient (Wildman–Crippen LogP) is 6.80. The molecule has 0 unspecified atom stereocenters. The van der Waals surface area contributed by atoms with Gasteiger partial charge in [-0.2, -0.15) is 29.0 Å². The number of anilines is 1. The highest BCUT2D eigenvalue weighted by molar-refractivity contribution is 8.00. The van der Waals surface area contributed by atoms with E-state index in [1.165, 1.54) is 24.3 Å². The molecule has 324 valence electrons. The van der Waals surface area contributed by atoms with Gasteiger partial charge in [-0.1, -0.05) is 31.1 Å². The molecule has 0 spiro atoms. The number of aliphatic hydroxyl groups excluding tert-OH is 1. The molecular weight excluding hydrogens is 807 g/mol. The summed E-state index contributed by atoms with van der Waals surface area (Å²) >= 11 is 3.54. The number of fused-ring (bicyclic) bond motifs is 2. The van der Waals surface area contributed by atoms with E-state index in [1.807, 2.05) is 11.8 Å². The summed E-state index contributed by atoms with van der Waals surface area (Å²) < 4.78 is 5.91. The molecule has 16 heteroatoms. The molecule has 1 aromatic carbocycles. The Bertz CT molecular complexity index is 2000. The number of allylic oxidation sites excluding steroid dienone is 1. The van der Waals surface area contributed by atoms with Gasteiger partial charge in [0.2, 0.25) is 17.7 Å². The summed E-state index contributed by atoms with van der Waals surface area (Å²) in [6.45, 7) is 3.60. The van der Waals surface area contributed by atoms with E-state index in [4.69, 9.17) is 9.25 Å². The van der Waals surface area contributed by atoms with Crippen LogP contribution in [0.25, 0.3) is 34.6 Å². The Morgan fingerprint density at radius 1 is 0.900 bits per heavy atom. The second-order valence-corrected chi connectivity index (χ2v) is 17.2. The molecule has 1 aliphatic carbocycles. The Morgan fingerprint density at radius 2 is 1.65 bits per heavy atom. The van der Waals surface area contributed by atoms with E-state index >= 15 is 0 Å². The van der Waals surface area contributed by atoms with Crippen molar-refractivity contribution in [2.24, 2.45) is 0 Å². The van der Waals surface area contributed by atoms with Crippen LogP contribution in [0.3, 0.4) is 0 Å². The smallest absolute Gasteiger partial charge is 0.336 e. The maximum Gasteiger partial charge on any atom is 0.336 e. The molecule has 60 heavy (non-hydrogen) atoms. The molecule has 3 aliphatic heterocycles. The molecule has 5 rings (SSSR count). The fourth-order valence-electron chi connectivity index (χ4n) is 7.40. The van der Waals surface area contributed by atoms with Crippen LogP contribution in [0.15, 0.2) is 57.9 Å². The summed E-state index contributed by atoms with van der Waals surface area (Å²) in [6.07, 6.45) is 14.5. The molecule has 0 radical (unpaired) electrons. The van der Waals surface area contributed by atoms with Crippen molar-refractivity contribution >= 4 is 65.1 Å². The highest BCUT2D eigenvalue weighted by atomic mass is 32.2. The largest absolute Gasteiger partial charge is 0.515 e. The molecule has 4 aliphatic rings. The van der Waals surface area contributed by atoms with Gasteiger partial charge in [0, 0.05) is 77.5 Å². The maximum atomic E-state index is 12.8. The number of hydrogen-bond donors (Lipinski definition) is 7. The lowest BCUT2D eigenvalue weighted by molar-refractivity contribution is -0.121. The highest BCUT2D eigenvalue weighted by Gasteiger charge is 2.38. The Balaban J connectivity index is 0.921. The molecule has 0 saturated carbocycles. The van der Waals surface area contributed by atoms with Crippen LogP contribution in [-0.2, 0) is 19.2 Å². The lowest BCUT2D eigenvalue weighted by Crippen LogP contribution is -2.56. The molecule has 7 N–H and O–H groups in total. The number of aliphatic hydroxyl groups is 1. The van der Waals surface area contributed by atoms with Gasteiger partial charge < -0.3 is 30.6 Å². The maximum absolute atomic E-state index is 12.8. The van der Waals surface area contributed by atoms with Gasteiger partial charge in [0.25, 0.3) is 0 Å². The topological polar surface area (TPSA) is 208 Å². The number of hydrogen-bond acceptors (Lipinski definition) is 12. The van der Waals surface area contributed by atoms with Crippen molar-refractivity contribution in [1.82, 2.24) is 21.4 Å². The second-order valence-electron chi connectivity index (χ2n) is 14.8. The van der Waals surface area contributed by atoms with Gasteiger partial charge in [-0.05, 0) is 87.5 Å². The van der Waals surface area contributed by atoms with Crippen LogP contribution < -0.4 is 32.2 Å². The number of benzene rings is 2. The number of thioether (sulfide) groups is 2. The van der Waals surface area contributed by atoms with E-state index < -0.39 is 5.97 Å². The first-order chi connectivity index (χ1) is 29.2. The van der Waals surface area contributed by atoms with Gasteiger partial charge in [-0.15, -0.1) is 0 Å². The summed E-state index contributed by atoms with van der Waals surface area (Å²) in [5.41, 5.74) is 4.98. The van der Waals surface area contributed by atoms with Crippen LogP contribution in [0.4, 0.5) is 5.69 Å². The first-order valence-electron chi connectivity index (χ1n) is 20.7. The van der Waals surface area contributed by atoms with Crippen molar-refractivity contribution in [2.45, 2.75) is 94.9 Å². The lowest BCUT2D eigenvalue weighted by Gasteiger charge is -2.30. The zero-order valence-corrected chi connectivity index (χ0v) is 35.7. The molecule has 3 atom stereocenters. The molecule has 1 aromatic rings. The van der Waals surface area contributed by atoms with Gasteiger partial charge in [0.15, 0.2) is 5.43 Å². The summed E-state index contributed by atoms with van der Waals surface area (Å²) in [6, 6.07) is 9.74. The van der Waals surface area contributed by atoms with Crippen LogP contribution in [0, 0.1) is 0 Å². The molecule has 2 fully saturated rings. The van der Waals surface area contributed by atoms with E-state index in [1.54, 1.807) is 49.0 Å². The highest BCUT2D eigenvalue weighted by Crippen LogP contribution is 2.41. The average molecular weight is 864 g/mol. The normalized spacial score (nSPS) is 17.6. The monoisotopic (exact) mass is 863 g/mol. The quantitative estimate of drug-likeness (QED) is 0.0366. The van der Waals surface area contributed by atoms with Crippen molar-refractivity contribution in [3.05, 3.63) is 75.8 Å². The molecule has 2 saturated heterocycles. The van der Waals surface area contributed by atoms with Crippen molar-refractivity contribution in [3.8, 4) is 22.5 Å². The van der Waals surface area contributed by atoms with Crippen LogP contribution in [-0.4, -0.2) is 88.3 Å². The number of carbonyl (C=O) groups excluding carboxylic acids is 3. The SMILES string of the molecule is C/C=C\c1c(C=CO)oc2cc(=O)ccc-2c1-c1ccc(NC(=O)CCCCCSCC(=O)NCCCCCNC(=O)CCCC[C@@H]2SC[C@@H]3NOCN[C@@H]32)cc1C(=O)O. The first kappa shape index (κ1) is 46.5. The third-order valence-electron chi connectivity index (χ3n) is 10.4. The van der Waals surface area contributed by atoms with E-state index in [0.29, 0.717) is 83.7 Å². The number of amides is 3. The minimum Gasteiger partial charge on any atom is -0.515 e. The molecule has 0 bridgehead atoms. The lowest BCUT2D eigenvalue weighted by atomic mass is 9.88. The third-order valence-corrected chi connectivity index (χ3v) is 12.9. The Labute approximate surface area is 359 Å². The minimum atomic E-state index is -1.20. The van der Waals surface area contributed by atoms with Crippen LogP contribution >= 0.6 is 23.5 Å². The Kier molecular flexibility index (Phi) is 19.0. The van der Waals surface area contributed by atoms with Crippen molar-refractivity contribution < 1.29 is 38.6 Å². The summed E-state index contributed by atoms with van der Waals surface area (Å²) in [5.74, 6) is 1.36. The predicted molar refractivity (Wildman–Crippen MR) is 239 cm³/mol. The van der Waals surface area contributed by atoms with Gasteiger partial charge in [-0.25, -0.2) is 4.79 Å². The molecule has 3 heterocycles. The fraction of sp³-hybridized carbons (Fsp3) is 0.477. The number of carbonyl (C=O) groups is 4. The van der Waals surface area contributed by atoms with E-state index in [9.17, 15) is 34.2 Å². The molecule has 0 aromatic heterocycles. The fourth-order valence-corrected chi connectivity index (χ4v) is 9.79. The van der Waals surface area contributed by atoms with Crippen LogP contribution in [0.1, 0.15) is 99.2 Å². The number of rotatable bonds is 24. The van der Waals surface area contributed by atoms with Crippen LogP contribution in [0.5, 0.6) is 0 Å². The summed E-state index contributed by atoms with van der Waals surface area (Å²) in [5, 5.41) is 32.5. The zero-order valence-electron chi connectivity index (χ0n) is 34.1. The number of carboxylic acids is 1. The van der Waals surface area contributed by atoms with Crippen molar-refractivity contribution in [1.29, 1.82) is 0 Å². The van der Waals surface area contributed by atoms with E-state index in [0.717, 1.165) is 69.1 Å². The number of aromatic carboxylic acids is 1. The van der Waals surface area contributed by atoms with Crippen molar-refractivity contribution in [3.63, 3.8) is 0 Å². The first-order valence-corrected chi connectivity index (χ1v) is 22.9. The number of carboxylic acid groups (broad SMARTS) is 1. The molecule has 3 amide bonds. The standard InChI is InChI=1S/C44H57N5O9S2/c1-2-11-32-36(19-22-50)58-37-25-30(51)16-18-33(37)42(32)31-17-15-29(24-34(31)44(55)56)48-40(53)14-5-3-10-23-59-27-41(54)46-21-9-4-8-20-45-39(52)13-7-6-12-38-43-35(26-60-38)49-57-28-47-43/h2,11,15-19,22,24-25,35,38,43,47,49-50H,3-10,12-14,20-21,23,26-28H2,1H3,(H,45,52)(H,46,54)(H,48,53)(H,55,56)/b11-2-,22-19?/t35-,38-,43-/m0/s1. The van der Waals surface area contributed by atoms with Gasteiger partial charge >= 0.3 is 5.97 Å². The number of unbranched alkanes of at least 4 members (excludes halogenated alkanes) is 5. The van der Waals surface area contributed by atoms with Crippen molar-refractivity contribution in [2.75, 3.05) is 42.4 Å². The molecular formula is C44H57N5O9S2. The summed E-state index contributed by atoms with van der Waals surface area (Å²) in [4.78, 5) is 67.2. The molecule has 14 nitrogen and oxygen atoms in total. The van der Waals surface area contributed by atoms with Gasteiger partial charge in [-0.3, -0.25) is 29.3 Å². The number of nitrogens with one attached hydrogen (secondary N) is 5. The minimum absolute atomic E-state index is 0.00218. The van der Waals surface area contributed by atoms with E-state index in [-0.39, 0.29) is 46.7 Å². The Morgan fingerprint density at radius 3 is 2.43 bits per heavy atom. The van der Waals surface area contributed by atoms with E-state index in [2.05, 4.69) is 26.7 Å².